The SMILES string of the molecule is N#CC1CN(C(=O)C2(N)CCN(c3ccc(F)c(C(F)(F)F)c3Cn3cnc4c(N)ncnc43)C2)C1. The molecule has 36 heavy (non-hydrogen) atoms. The van der Waals surface area contributed by atoms with Gasteiger partial charge < -0.3 is 25.8 Å². The number of carbonyl (C=O) groups excluding carboxylic acids is 1. The van der Waals surface area contributed by atoms with Gasteiger partial charge in [0.1, 0.15) is 23.2 Å². The Balaban J connectivity index is 1.52. The third-order valence-corrected chi connectivity index (χ3v) is 6.70. The van der Waals surface area contributed by atoms with E-state index in [1.54, 1.807) is 4.90 Å². The molecule has 1 amide bonds. The highest BCUT2D eigenvalue weighted by atomic mass is 19.4. The quantitative estimate of drug-likeness (QED) is 0.510. The largest absolute Gasteiger partial charge is 0.419 e. The van der Waals surface area contributed by atoms with E-state index in [0.29, 0.717) is 0 Å². The summed E-state index contributed by atoms with van der Waals surface area (Å²) in [6.45, 7) is 0.260. The number of alkyl halides is 3. The fraction of sp³-hybridized carbons (Fsp3) is 0.409. The van der Waals surface area contributed by atoms with E-state index in [1.807, 2.05) is 0 Å². The first-order valence-corrected chi connectivity index (χ1v) is 11.0. The summed E-state index contributed by atoms with van der Waals surface area (Å²) in [5.41, 5.74) is 9.60. The summed E-state index contributed by atoms with van der Waals surface area (Å²) in [6, 6.07) is 4.10. The molecule has 1 aromatic carbocycles. The van der Waals surface area contributed by atoms with E-state index in [4.69, 9.17) is 16.7 Å². The number of carbonyl (C=O) groups is 1. The van der Waals surface area contributed by atoms with E-state index in [-0.39, 0.29) is 72.7 Å². The lowest BCUT2D eigenvalue weighted by Gasteiger charge is -2.40. The zero-order valence-corrected chi connectivity index (χ0v) is 18.8. The number of imidazole rings is 1. The number of amides is 1. The highest BCUT2D eigenvalue weighted by Gasteiger charge is 2.47. The van der Waals surface area contributed by atoms with Crippen molar-refractivity contribution in [2.45, 2.75) is 24.7 Å². The number of halogens is 4. The first kappa shape index (κ1) is 23.7. The average molecular weight is 503 g/mol. The molecule has 2 aromatic heterocycles. The third kappa shape index (κ3) is 3.85. The molecule has 2 aliphatic rings. The fourth-order valence-corrected chi connectivity index (χ4v) is 4.81. The van der Waals surface area contributed by atoms with E-state index >= 15 is 0 Å². The molecule has 10 nitrogen and oxygen atoms in total. The van der Waals surface area contributed by atoms with E-state index in [9.17, 15) is 22.4 Å². The number of nitriles is 1. The van der Waals surface area contributed by atoms with Crippen LogP contribution in [-0.4, -0.2) is 62.0 Å². The Labute approximate surface area is 202 Å². The van der Waals surface area contributed by atoms with Crippen molar-refractivity contribution in [2.75, 3.05) is 36.8 Å². The van der Waals surface area contributed by atoms with Gasteiger partial charge in [0.15, 0.2) is 11.5 Å². The predicted molar refractivity (Wildman–Crippen MR) is 120 cm³/mol. The Bertz CT molecular complexity index is 1390. The smallest absolute Gasteiger partial charge is 0.382 e. The Morgan fingerprint density at radius 3 is 2.69 bits per heavy atom. The molecule has 0 spiro atoms. The molecule has 0 radical (unpaired) electrons. The van der Waals surface area contributed by atoms with Gasteiger partial charge in [-0.25, -0.2) is 19.3 Å². The summed E-state index contributed by atoms with van der Waals surface area (Å²) in [6.07, 6.45) is -2.37. The van der Waals surface area contributed by atoms with Gasteiger partial charge in [-0.1, -0.05) is 0 Å². The summed E-state index contributed by atoms with van der Waals surface area (Å²) in [7, 11) is 0. The first-order valence-electron chi connectivity index (χ1n) is 11.0. The Morgan fingerprint density at radius 2 is 2.00 bits per heavy atom. The summed E-state index contributed by atoms with van der Waals surface area (Å²) >= 11 is 0. The zero-order valence-electron chi connectivity index (χ0n) is 18.8. The highest BCUT2D eigenvalue weighted by Crippen LogP contribution is 2.41. The molecule has 1 atom stereocenters. The number of hydrogen-bond acceptors (Lipinski definition) is 8. The van der Waals surface area contributed by atoms with Crippen molar-refractivity contribution >= 4 is 28.6 Å². The van der Waals surface area contributed by atoms with Crippen LogP contribution in [0.1, 0.15) is 17.5 Å². The average Bonchev–Trinajstić information content (AvgIpc) is 3.38. The van der Waals surface area contributed by atoms with Crippen molar-refractivity contribution in [3.05, 3.63) is 41.7 Å². The molecular weight excluding hydrogens is 482 g/mol. The lowest BCUT2D eigenvalue weighted by molar-refractivity contribution is -0.142. The third-order valence-electron chi connectivity index (χ3n) is 6.70. The van der Waals surface area contributed by atoms with Crippen LogP contribution in [0.5, 0.6) is 0 Å². The number of rotatable bonds is 4. The molecule has 4 heterocycles. The van der Waals surface area contributed by atoms with Gasteiger partial charge in [0.2, 0.25) is 5.91 Å². The predicted octanol–water partition coefficient (Wildman–Crippen LogP) is 1.50. The summed E-state index contributed by atoms with van der Waals surface area (Å²) in [4.78, 5) is 28.0. The van der Waals surface area contributed by atoms with Crippen molar-refractivity contribution in [1.82, 2.24) is 24.4 Å². The topological polar surface area (TPSA) is 143 Å². The van der Waals surface area contributed by atoms with E-state index in [2.05, 4.69) is 21.0 Å². The Kier molecular flexibility index (Phi) is 5.47. The van der Waals surface area contributed by atoms with Crippen LogP contribution in [0.4, 0.5) is 29.1 Å². The van der Waals surface area contributed by atoms with Crippen LogP contribution >= 0.6 is 0 Å². The van der Waals surface area contributed by atoms with Gasteiger partial charge in [0.25, 0.3) is 0 Å². The number of hydrogen-bond donors (Lipinski definition) is 2. The Morgan fingerprint density at radius 1 is 1.25 bits per heavy atom. The van der Waals surface area contributed by atoms with Crippen molar-refractivity contribution in [3.8, 4) is 6.07 Å². The molecule has 14 heteroatoms. The van der Waals surface area contributed by atoms with Gasteiger partial charge in [-0.3, -0.25) is 4.79 Å². The molecule has 5 rings (SSSR count). The second-order valence-corrected chi connectivity index (χ2v) is 9.09. The van der Waals surface area contributed by atoms with E-state index in [0.717, 1.165) is 12.4 Å². The maximum absolute atomic E-state index is 14.6. The fourth-order valence-electron chi connectivity index (χ4n) is 4.81. The van der Waals surface area contributed by atoms with Crippen LogP contribution in [0.25, 0.3) is 11.2 Å². The van der Waals surface area contributed by atoms with Crippen LogP contribution in [0, 0.1) is 23.1 Å². The number of nitrogens with two attached hydrogens (primary N) is 2. The van der Waals surface area contributed by atoms with Crippen LogP contribution in [-0.2, 0) is 17.5 Å². The lowest BCUT2D eigenvalue weighted by Crippen LogP contribution is -2.62. The minimum atomic E-state index is -4.99. The van der Waals surface area contributed by atoms with Gasteiger partial charge >= 0.3 is 6.18 Å². The number of benzene rings is 1. The highest BCUT2D eigenvalue weighted by molar-refractivity contribution is 5.88. The molecule has 0 aliphatic carbocycles. The van der Waals surface area contributed by atoms with Crippen LogP contribution < -0.4 is 16.4 Å². The van der Waals surface area contributed by atoms with Gasteiger partial charge in [-0.15, -0.1) is 0 Å². The van der Waals surface area contributed by atoms with Crippen molar-refractivity contribution < 1.29 is 22.4 Å². The van der Waals surface area contributed by atoms with Crippen molar-refractivity contribution in [3.63, 3.8) is 0 Å². The number of nitrogens with zero attached hydrogens (tertiary/aromatic N) is 7. The van der Waals surface area contributed by atoms with Gasteiger partial charge in [-0.05, 0) is 18.6 Å². The van der Waals surface area contributed by atoms with E-state index in [1.165, 1.54) is 21.9 Å². The van der Waals surface area contributed by atoms with Gasteiger partial charge in [0, 0.05) is 37.4 Å². The van der Waals surface area contributed by atoms with Crippen LogP contribution in [0.2, 0.25) is 0 Å². The monoisotopic (exact) mass is 503 g/mol. The molecule has 1 unspecified atom stereocenters. The molecule has 3 aromatic rings. The maximum atomic E-state index is 14.6. The van der Waals surface area contributed by atoms with Crippen LogP contribution in [0.3, 0.4) is 0 Å². The normalized spacial score (nSPS) is 20.6. The summed E-state index contributed by atoms with van der Waals surface area (Å²) in [5, 5.41) is 8.97. The lowest BCUT2D eigenvalue weighted by atomic mass is 9.93. The molecule has 2 fully saturated rings. The second-order valence-electron chi connectivity index (χ2n) is 9.09. The van der Waals surface area contributed by atoms with Crippen LogP contribution in [0.15, 0.2) is 24.8 Å². The number of fused-ring (bicyclic) bond motifs is 1. The second kappa shape index (κ2) is 8.30. The number of anilines is 2. The van der Waals surface area contributed by atoms with E-state index < -0.39 is 29.6 Å². The molecule has 2 saturated heterocycles. The first-order chi connectivity index (χ1) is 17.0. The summed E-state index contributed by atoms with van der Waals surface area (Å²) < 4.78 is 58.1. The van der Waals surface area contributed by atoms with Crippen molar-refractivity contribution in [2.24, 2.45) is 11.7 Å². The van der Waals surface area contributed by atoms with Gasteiger partial charge in [-0.2, -0.15) is 18.4 Å². The molecule has 4 N–H and O–H groups in total. The van der Waals surface area contributed by atoms with Gasteiger partial charge in [0.05, 0.1) is 30.4 Å². The molecule has 0 saturated carbocycles. The number of nitrogen functional groups attached to an aromatic ring is 1. The minimum Gasteiger partial charge on any atom is -0.382 e. The number of aromatic nitrogens is 4. The standard InChI is InChI=1S/C22H21F4N9O/c23-14-1-2-15(33-4-3-21(29,9-33)20(36)34-6-12(5-27)7-34)13(16(14)22(24,25)26)8-35-11-32-17-18(28)30-10-31-19(17)35/h1-2,10-12H,3-4,6-9,29H2,(H2,28,30,31). The molecule has 2 aliphatic heterocycles. The number of likely N-dealkylation sites (tertiary alicyclic amines) is 1. The zero-order chi connectivity index (χ0) is 25.8. The van der Waals surface area contributed by atoms with Crippen molar-refractivity contribution in [1.29, 1.82) is 5.26 Å². The minimum absolute atomic E-state index is 0.0601. The summed E-state index contributed by atoms with van der Waals surface area (Å²) in [5.74, 6) is -1.97. The molecular formula is C22H21F4N9O. The molecule has 0 bridgehead atoms. The molecule has 188 valence electrons. The Hall–Kier alpha value is -3.99. The maximum Gasteiger partial charge on any atom is 0.419 e.